The number of hydrogen-bond donors (Lipinski definition) is 1. The van der Waals surface area contributed by atoms with E-state index in [1.165, 1.54) is 12.2 Å². The first-order chi connectivity index (χ1) is 15.6. The van der Waals surface area contributed by atoms with Gasteiger partial charge in [0.25, 0.3) is 0 Å². The van der Waals surface area contributed by atoms with Gasteiger partial charge in [0.1, 0.15) is 12.6 Å². The molecule has 1 aliphatic heterocycles. The number of nitrogens with zero attached hydrogens (tertiary/aromatic N) is 3. The molecule has 0 saturated carbocycles. The SMILES string of the molecule is COC(=O)N1OCc2c([nH]c3ccc(Cl)cc23)C1c1ccc(-c2ncc(OC)cn2)cc1. The lowest BCUT2D eigenvalue weighted by molar-refractivity contribution is -0.173. The van der Waals surface area contributed by atoms with Crippen LogP contribution in [0.2, 0.25) is 5.02 Å². The van der Waals surface area contributed by atoms with Crippen LogP contribution in [-0.2, 0) is 16.2 Å². The Morgan fingerprint density at radius 2 is 1.91 bits per heavy atom. The van der Waals surface area contributed by atoms with Crippen LogP contribution in [0, 0.1) is 0 Å². The van der Waals surface area contributed by atoms with Crippen LogP contribution >= 0.6 is 11.6 Å². The molecule has 4 aromatic rings. The Labute approximate surface area is 188 Å². The van der Waals surface area contributed by atoms with E-state index in [4.69, 9.17) is 25.9 Å². The lowest BCUT2D eigenvalue weighted by Crippen LogP contribution is -2.38. The predicted molar refractivity (Wildman–Crippen MR) is 118 cm³/mol. The molecular weight excluding hydrogens is 432 g/mol. The number of fused-ring (bicyclic) bond motifs is 3. The Balaban J connectivity index is 1.57. The normalized spacial score (nSPS) is 15.5. The number of carbonyl (C=O) groups is 1. The van der Waals surface area contributed by atoms with Crippen LogP contribution in [0.25, 0.3) is 22.3 Å². The molecule has 0 bridgehead atoms. The number of aromatic amines is 1. The van der Waals surface area contributed by atoms with Crippen molar-refractivity contribution in [2.75, 3.05) is 14.2 Å². The summed E-state index contributed by atoms with van der Waals surface area (Å²) in [6, 6.07) is 12.7. The number of H-pyrrole nitrogens is 1. The molecule has 1 atom stereocenters. The number of benzene rings is 2. The minimum atomic E-state index is -0.583. The number of aromatic nitrogens is 3. The smallest absolute Gasteiger partial charge is 0.434 e. The molecule has 162 valence electrons. The zero-order valence-corrected chi connectivity index (χ0v) is 18.1. The molecule has 5 rings (SSSR count). The molecule has 1 aliphatic rings. The number of hydrogen-bond acceptors (Lipinski definition) is 6. The number of halogens is 1. The van der Waals surface area contributed by atoms with Gasteiger partial charge < -0.3 is 14.5 Å². The molecule has 0 aliphatic carbocycles. The lowest BCUT2D eigenvalue weighted by Gasteiger charge is -2.33. The summed E-state index contributed by atoms with van der Waals surface area (Å²) in [4.78, 5) is 30.4. The van der Waals surface area contributed by atoms with Gasteiger partial charge in [-0.2, -0.15) is 5.06 Å². The summed E-state index contributed by atoms with van der Waals surface area (Å²) in [6.07, 6.45) is 2.65. The minimum absolute atomic E-state index is 0.221. The topological polar surface area (TPSA) is 89.6 Å². The summed E-state index contributed by atoms with van der Waals surface area (Å²) in [5.74, 6) is 1.16. The van der Waals surface area contributed by atoms with Crippen molar-refractivity contribution in [3.63, 3.8) is 0 Å². The Morgan fingerprint density at radius 3 is 2.59 bits per heavy atom. The molecule has 1 N–H and O–H groups in total. The summed E-state index contributed by atoms with van der Waals surface area (Å²) in [5.41, 5.74) is 4.40. The number of amides is 1. The van der Waals surface area contributed by atoms with Crippen LogP contribution in [0.5, 0.6) is 5.75 Å². The largest absolute Gasteiger partial charge is 0.494 e. The highest BCUT2D eigenvalue weighted by Crippen LogP contribution is 2.40. The highest BCUT2D eigenvalue weighted by atomic mass is 35.5. The van der Waals surface area contributed by atoms with Gasteiger partial charge in [0, 0.05) is 27.1 Å². The number of nitrogens with one attached hydrogen (secondary N) is 1. The van der Waals surface area contributed by atoms with E-state index in [0.29, 0.717) is 16.6 Å². The first-order valence-corrected chi connectivity index (χ1v) is 10.2. The van der Waals surface area contributed by atoms with Crippen molar-refractivity contribution in [2.45, 2.75) is 12.6 Å². The Bertz CT molecular complexity index is 1290. The van der Waals surface area contributed by atoms with Crippen molar-refractivity contribution < 1.29 is 19.1 Å². The van der Waals surface area contributed by atoms with E-state index in [2.05, 4.69) is 15.0 Å². The minimum Gasteiger partial charge on any atom is -0.494 e. The lowest BCUT2D eigenvalue weighted by atomic mass is 9.97. The molecule has 9 heteroatoms. The van der Waals surface area contributed by atoms with Gasteiger partial charge in [-0.05, 0) is 23.8 Å². The average Bonchev–Trinajstić information content (AvgIpc) is 3.21. The van der Waals surface area contributed by atoms with E-state index in [-0.39, 0.29) is 6.61 Å². The molecule has 2 aromatic carbocycles. The first kappa shape index (κ1) is 20.3. The maximum Gasteiger partial charge on any atom is 0.434 e. The van der Waals surface area contributed by atoms with E-state index < -0.39 is 12.1 Å². The maximum absolute atomic E-state index is 12.5. The van der Waals surface area contributed by atoms with Crippen LogP contribution in [-0.4, -0.2) is 40.3 Å². The van der Waals surface area contributed by atoms with Crippen LogP contribution < -0.4 is 4.74 Å². The van der Waals surface area contributed by atoms with E-state index in [1.807, 2.05) is 42.5 Å². The quantitative estimate of drug-likeness (QED) is 0.478. The van der Waals surface area contributed by atoms with E-state index in [0.717, 1.165) is 33.3 Å². The fourth-order valence-corrected chi connectivity index (χ4v) is 4.06. The van der Waals surface area contributed by atoms with Crippen LogP contribution in [0.3, 0.4) is 0 Å². The molecule has 0 spiro atoms. The summed E-state index contributed by atoms with van der Waals surface area (Å²) in [5, 5.41) is 2.85. The monoisotopic (exact) mass is 450 g/mol. The van der Waals surface area contributed by atoms with Crippen molar-refractivity contribution in [3.8, 4) is 17.1 Å². The van der Waals surface area contributed by atoms with Crippen molar-refractivity contribution in [1.29, 1.82) is 0 Å². The Hall–Kier alpha value is -3.62. The van der Waals surface area contributed by atoms with Gasteiger partial charge in [-0.1, -0.05) is 35.9 Å². The van der Waals surface area contributed by atoms with Gasteiger partial charge in [0.2, 0.25) is 0 Å². The molecule has 0 radical (unpaired) electrons. The maximum atomic E-state index is 12.5. The molecule has 0 fully saturated rings. The first-order valence-electron chi connectivity index (χ1n) is 9.85. The molecular formula is C23H19ClN4O4. The molecule has 0 saturated heterocycles. The number of rotatable bonds is 3. The molecule has 2 aromatic heterocycles. The molecule has 32 heavy (non-hydrogen) atoms. The van der Waals surface area contributed by atoms with Gasteiger partial charge in [-0.25, -0.2) is 14.8 Å². The van der Waals surface area contributed by atoms with Gasteiger partial charge in [-0.3, -0.25) is 4.84 Å². The molecule has 1 amide bonds. The number of methoxy groups -OCH3 is 2. The second-order valence-corrected chi connectivity index (χ2v) is 7.68. The molecule has 1 unspecified atom stereocenters. The van der Waals surface area contributed by atoms with Gasteiger partial charge in [0.05, 0.1) is 32.3 Å². The number of carbonyl (C=O) groups excluding carboxylic acids is 1. The standard InChI is InChI=1S/C23H19ClN4O4/c1-30-16-10-25-22(26-11-16)14-5-3-13(4-6-14)21-20-18(12-32-28(21)23(29)31-2)17-9-15(24)7-8-19(17)27-20/h3-11,21,27H,12H2,1-2H3. The second kappa shape index (κ2) is 8.14. The van der Waals surface area contributed by atoms with E-state index >= 15 is 0 Å². The fraction of sp³-hybridized carbons (Fsp3) is 0.174. The third-order valence-corrected chi connectivity index (χ3v) is 5.70. The highest BCUT2D eigenvalue weighted by Gasteiger charge is 2.36. The summed E-state index contributed by atoms with van der Waals surface area (Å²) >= 11 is 6.21. The Kier molecular flexibility index (Phi) is 5.16. The van der Waals surface area contributed by atoms with E-state index in [9.17, 15) is 4.79 Å². The van der Waals surface area contributed by atoms with Crippen LogP contribution in [0.4, 0.5) is 4.79 Å². The van der Waals surface area contributed by atoms with Gasteiger partial charge >= 0.3 is 6.09 Å². The van der Waals surface area contributed by atoms with Crippen molar-refractivity contribution in [3.05, 3.63) is 76.7 Å². The highest BCUT2D eigenvalue weighted by molar-refractivity contribution is 6.31. The molecule has 3 heterocycles. The zero-order chi connectivity index (χ0) is 22.2. The average molecular weight is 451 g/mol. The Morgan fingerprint density at radius 1 is 1.16 bits per heavy atom. The third kappa shape index (κ3) is 3.43. The summed E-state index contributed by atoms with van der Waals surface area (Å²) in [7, 11) is 2.89. The zero-order valence-electron chi connectivity index (χ0n) is 17.3. The summed E-state index contributed by atoms with van der Waals surface area (Å²) < 4.78 is 10.1. The van der Waals surface area contributed by atoms with Crippen molar-refractivity contribution in [2.24, 2.45) is 0 Å². The number of ether oxygens (including phenoxy) is 2. The third-order valence-electron chi connectivity index (χ3n) is 5.46. The van der Waals surface area contributed by atoms with Crippen molar-refractivity contribution >= 4 is 28.6 Å². The van der Waals surface area contributed by atoms with Gasteiger partial charge in [-0.15, -0.1) is 0 Å². The summed E-state index contributed by atoms with van der Waals surface area (Å²) in [6.45, 7) is 0.221. The predicted octanol–water partition coefficient (Wildman–Crippen LogP) is 4.89. The molecule has 8 nitrogen and oxygen atoms in total. The van der Waals surface area contributed by atoms with Crippen LogP contribution in [0.15, 0.2) is 54.9 Å². The fourth-order valence-electron chi connectivity index (χ4n) is 3.89. The van der Waals surface area contributed by atoms with Gasteiger partial charge in [0.15, 0.2) is 11.6 Å². The van der Waals surface area contributed by atoms with Crippen LogP contribution in [0.1, 0.15) is 22.9 Å². The second-order valence-electron chi connectivity index (χ2n) is 7.25. The van der Waals surface area contributed by atoms with E-state index in [1.54, 1.807) is 19.5 Å². The van der Waals surface area contributed by atoms with Crippen molar-refractivity contribution in [1.82, 2.24) is 20.0 Å². The number of hydroxylamine groups is 2.